The molecule has 1 unspecified atom stereocenters. The predicted octanol–water partition coefficient (Wildman–Crippen LogP) is 3.74. The summed E-state index contributed by atoms with van der Waals surface area (Å²) < 4.78 is 5.61. The Balaban J connectivity index is 1.62. The van der Waals surface area contributed by atoms with Gasteiger partial charge in [0.1, 0.15) is 5.75 Å². The molecule has 1 N–H and O–H groups in total. The van der Waals surface area contributed by atoms with Crippen LogP contribution in [0.2, 0.25) is 0 Å². The number of fused-ring (bicyclic) bond motifs is 1. The van der Waals surface area contributed by atoms with Crippen molar-refractivity contribution < 1.29 is 9.84 Å². The van der Waals surface area contributed by atoms with E-state index >= 15 is 0 Å². The molecule has 0 fully saturated rings. The third-order valence-electron chi connectivity index (χ3n) is 3.42. The van der Waals surface area contributed by atoms with Crippen LogP contribution in [0, 0.1) is 0 Å². The average Bonchev–Trinajstić information content (AvgIpc) is 2.55. The number of nitrogens with zero attached hydrogens (tertiary/aromatic N) is 1. The van der Waals surface area contributed by atoms with E-state index in [2.05, 4.69) is 4.98 Å². The molecule has 3 aromatic rings. The number of hydrogen-bond donors (Lipinski definition) is 1. The zero-order valence-electron chi connectivity index (χ0n) is 11.6. The lowest BCUT2D eigenvalue weighted by Gasteiger charge is -2.12. The van der Waals surface area contributed by atoms with Crippen molar-refractivity contribution in [3.8, 4) is 5.75 Å². The fraction of sp³-hybridized carbons (Fsp3) is 0.167. The van der Waals surface area contributed by atoms with Crippen molar-refractivity contribution in [2.75, 3.05) is 6.61 Å². The van der Waals surface area contributed by atoms with E-state index in [1.807, 2.05) is 60.7 Å². The van der Waals surface area contributed by atoms with Crippen LogP contribution >= 0.6 is 0 Å². The van der Waals surface area contributed by atoms with Gasteiger partial charge in [0.2, 0.25) is 0 Å². The number of aromatic nitrogens is 1. The average molecular weight is 279 g/mol. The summed E-state index contributed by atoms with van der Waals surface area (Å²) in [6.45, 7) is 0.478. The number of pyridine rings is 1. The van der Waals surface area contributed by atoms with Gasteiger partial charge in [-0.3, -0.25) is 4.98 Å². The second kappa shape index (κ2) is 6.37. The van der Waals surface area contributed by atoms with E-state index in [9.17, 15) is 5.11 Å². The summed E-state index contributed by atoms with van der Waals surface area (Å²) in [5.41, 5.74) is 1.77. The summed E-state index contributed by atoms with van der Waals surface area (Å²) in [5, 5.41) is 11.3. The molecule has 0 aliphatic heterocycles. The molecule has 106 valence electrons. The van der Waals surface area contributed by atoms with Crippen LogP contribution in [0.4, 0.5) is 0 Å². The van der Waals surface area contributed by atoms with E-state index in [-0.39, 0.29) is 0 Å². The molecular formula is C18H17NO2. The molecule has 1 atom stereocenters. The lowest BCUT2D eigenvalue weighted by Crippen LogP contribution is -2.05. The molecular weight excluding hydrogens is 262 g/mol. The van der Waals surface area contributed by atoms with Gasteiger partial charge in [-0.05, 0) is 29.8 Å². The predicted molar refractivity (Wildman–Crippen MR) is 83.3 cm³/mol. The Morgan fingerprint density at radius 3 is 2.71 bits per heavy atom. The smallest absolute Gasteiger partial charge is 0.119 e. The lowest BCUT2D eigenvalue weighted by molar-refractivity contribution is 0.141. The summed E-state index contributed by atoms with van der Waals surface area (Å²) in [7, 11) is 0. The zero-order chi connectivity index (χ0) is 14.5. The molecule has 0 aliphatic carbocycles. The molecule has 0 bridgehead atoms. The van der Waals surface area contributed by atoms with E-state index in [4.69, 9.17) is 4.74 Å². The molecule has 2 aromatic carbocycles. The van der Waals surface area contributed by atoms with Gasteiger partial charge in [0.15, 0.2) is 0 Å². The first-order valence-corrected chi connectivity index (χ1v) is 7.03. The first-order valence-electron chi connectivity index (χ1n) is 7.03. The molecule has 0 spiro atoms. The monoisotopic (exact) mass is 279 g/mol. The first-order chi connectivity index (χ1) is 10.3. The second-order valence-electron chi connectivity index (χ2n) is 4.92. The minimum atomic E-state index is -0.542. The first kappa shape index (κ1) is 13.6. The van der Waals surface area contributed by atoms with Crippen molar-refractivity contribution >= 4 is 10.9 Å². The van der Waals surface area contributed by atoms with Crippen LogP contribution in [0.5, 0.6) is 5.75 Å². The second-order valence-corrected chi connectivity index (χ2v) is 4.92. The summed E-state index contributed by atoms with van der Waals surface area (Å²) in [6, 6.07) is 19.4. The summed E-state index contributed by atoms with van der Waals surface area (Å²) >= 11 is 0. The number of benzene rings is 2. The normalized spacial score (nSPS) is 12.2. The number of aliphatic hydroxyl groups is 1. The van der Waals surface area contributed by atoms with Gasteiger partial charge >= 0.3 is 0 Å². The standard InChI is InChI=1S/C18H17NO2/c20-18(10-12-21-16-6-2-1-3-7-16)15-9-8-14-5-4-11-19-17(14)13-15/h1-9,11,13,18,20H,10,12H2. The molecule has 1 heterocycles. The third-order valence-corrected chi connectivity index (χ3v) is 3.42. The van der Waals surface area contributed by atoms with Crippen LogP contribution in [-0.4, -0.2) is 16.7 Å². The van der Waals surface area contributed by atoms with Crippen molar-refractivity contribution in [3.63, 3.8) is 0 Å². The highest BCUT2D eigenvalue weighted by Crippen LogP contribution is 2.21. The fourth-order valence-electron chi connectivity index (χ4n) is 2.26. The van der Waals surface area contributed by atoms with E-state index in [1.54, 1.807) is 6.20 Å². The lowest BCUT2D eigenvalue weighted by atomic mass is 10.0. The van der Waals surface area contributed by atoms with Crippen molar-refractivity contribution in [2.45, 2.75) is 12.5 Å². The Morgan fingerprint density at radius 2 is 1.86 bits per heavy atom. The third kappa shape index (κ3) is 3.38. The molecule has 0 saturated heterocycles. The quantitative estimate of drug-likeness (QED) is 0.773. The molecule has 0 saturated carbocycles. The Labute approximate surface area is 123 Å². The summed E-state index contributed by atoms with van der Waals surface area (Å²) in [5.74, 6) is 0.824. The molecule has 21 heavy (non-hydrogen) atoms. The fourth-order valence-corrected chi connectivity index (χ4v) is 2.26. The number of aliphatic hydroxyl groups excluding tert-OH is 1. The highest BCUT2D eigenvalue weighted by Gasteiger charge is 2.08. The Morgan fingerprint density at radius 1 is 1.00 bits per heavy atom. The highest BCUT2D eigenvalue weighted by molar-refractivity contribution is 5.78. The van der Waals surface area contributed by atoms with Crippen LogP contribution in [-0.2, 0) is 0 Å². The molecule has 3 nitrogen and oxygen atoms in total. The molecule has 3 heteroatoms. The highest BCUT2D eigenvalue weighted by atomic mass is 16.5. The number of rotatable bonds is 5. The van der Waals surface area contributed by atoms with E-state index in [0.29, 0.717) is 13.0 Å². The maximum absolute atomic E-state index is 10.3. The molecule has 0 radical (unpaired) electrons. The van der Waals surface area contributed by atoms with Crippen molar-refractivity contribution in [1.82, 2.24) is 4.98 Å². The Bertz CT molecular complexity index is 712. The SMILES string of the molecule is OC(CCOc1ccccc1)c1ccc2cccnc2c1. The van der Waals surface area contributed by atoms with Crippen molar-refractivity contribution in [1.29, 1.82) is 0 Å². The van der Waals surface area contributed by atoms with E-state index in [1.165, 1.54) is 0 Å². The van der Waals surface area contributed by atoms with E-state index in [0.717, 1.165) is 22.2 Å². The van der Waals surface area contributed by atoms with Gasteiger partial charge < -0.3 is 9.84 Å². The van der Waals surface area contributed by atoms with Gasteiger partial charge in [0.05, 0.1) is 18.2 Å². The molecule has 0 amide bonds. The maximum Gasteiger partial charge on any atom is 0.119 e. The number of ether oxygens (including phenoxy) is 1. The minimum absolute atomic E-state index is 0.478. The van der Waals surface area contributed by atoms with Gasteiger partial charge in [0, 0.05) is 18.0 Å². The van der Waals surface area contributed by atoms with E-state index < -0.39 is 6.10 Å². The van der Waals surface area contributed by atoms with Crippen molar-refractivity contribution in [2.24, 2.45) is 0 Å². The number of hydrogen-bond acceptors (Lipinski definition) is 3. The van der Waals surface area contributed by atoms with Gasteiger partial charge in [-0.2, -0.15) is 0 Å². The van der Waals surface area contributed by atoms with Gasteiger partial charge in [-0.25, -0.2) is 0 Å². The zero-order valence-corrected chi connectivity index (χ0v) is 11.6. The summed E-state index contributed by atoms with van der Waals surface area (Å²) in [6.07, 6.45) is 1.77. The van der Waals surface area contributed by atoms with Crippen LogP contribution in [0.3, 0.4) is 0 Å². The Hall–Kier alpha value is -2.39. The molecule has 3 rings (SSSR count). The van der Waals surface area contributed by atoms with Gasteiger partial charge in [-0.15, -0.1) is 0 Å². The van der Waals surface area contributed by atoms with Crippen LogP contribution < -0.4 is 4.74 Å². The maximum atomic E-state index is 10.3. The van der Waals surface area contributed by atoms with Gasteiger partial charge in [-0.1, -0.05) is 36.4 Å². The van der Waals surface area contributed by atoms with Crippen LogP contribution in [0.15, 0.2) is 66.9 Å². The van der Waals surface area contributed by atoms with Crippen LogP contribution in [0.1, 0.15) is 18.1 Å². The Kier molecular flexibility index (Phi) is 4.12. The largest absolute Gasteiger partial charge is 0.493 e. The topological polar surface area (TPSA) is 42.4 Å². The molecule has 1 aromatic heterocycles. The molecule has 0 aliphatic rings. The van der Waals surface area contributed by atoms with Crippen LogP contribution in [0.25, 0.3) is 10.9 Å². The van der Waals surface area contributed by atoms with Crippen molar-refractivity contribution in [3.05, 3.63) is 72.4 Å². The summed E-state index contributed by atoms with van der Waals surface area (Å²) in [4.78, 5) is 4.31. The number of para-hydroxylation sites is 1. The minimum Gasteiger partial charge on any atom is -0.493 e. The van der Waals surface area contributed by atoms with Gasteiger partial charge in [0.25, 0.3) is 0 Å².